The Morgan fingerprint density at radius 1 is 1.40 bits per heavy atom. The van der Waals surface area contributed by atoms with Crippen molar-refractivity contribution in [1.82, 2.24) is 4.72 Å². The van der Waals surface area contributed by atoms with Crippen molar-refractivity contribution in [3.63, 3.8) is 0 Å². The first-order chi connectivity index (χ1) is 9.19. The number of rotatable bonds is 6. The topological polar surface area (TPSA) is 110 Å². The predicted molar refractivity (Wildman–Crippen MR) is 72.2 cm³/mol. The van der Waals surface area contributed by atoms with Gasteiger partial charge in [0.1, 0.15) is 10.3 Å². The highest BCUT2D eigenvalue weighted by Gasteiger charge is 2.30. The number of hydrogen-bond donors (Lipinski definition) is 2. The number of carboxylic acid groups (broad SMARTS) is 1. The van der Waals surface area contributed by atoms with E-state index < -0.39 is 28.0 Å². The van der Waals surface area contributed by atoms with E-state index in [1.165, 1.54) is 12.5 Å². The van der Waals surface area contributed by atoms with Gasteiger partial charge in [-0.2, -0.15) is 4.72 Å². The van der Waals surface area contributed by atoms with Gasteiger partial charge >= 0.3 is 11.9 Å². The Morgan fingerprint density at radius 3 is 2.40 bits per heavy atom. The fourth-order valence-electron chi connectivity index (χ4n) is 1.38. The van der Waals surface area contributed by atoms with Crippen LogP contribution in [0.15, 0.2) is 15.7 Å². The molecule has 1 rings (SSSR count). The van der Waals surface area contributed by atoms with E-state index in [4.69, 9.17) is 5.11 Å². The highest BCUT2D eigenvalue weighted by atomic mass is 32.2. The second-order valence-electron chi connectivity index (χ2n) is 4.33. The van der Waals surface area contributed by atoms with Crippen LogP contribution in [0, 0.1) is 5.92 Å². The lowest BCUT2D eigenvalue weighted by Crippen LogP contribution is -2.44. The van der Waals surface area contributed by atoms with Crippen molar-refractivity contribution in [1.29, 1.82) is 0 Å². The number of thiophene rings is 1. The van der Waals surface area contributed by atoms with Gasteiger partial charge in [-0.3, -0.25) is 4.79 Å². The highest BCUT2D eigenvalue weighted by Crippen LogP contribution is 2.21. The smallest absolute Gasteiger partial charge is 0.336 e. The van der Waals surface area contributed by atoms with E-state index in [0.29, 0.717) is 0 Å². The molecular weight excluding hydrogens is 306 g/mol. The molecule has 0 spiro atoms. The molecular formula is C11H15NO6S2. The molecule has 0 fully saturated rings. The highest BCUT2D eigenvalue weighted by molar-refractivity contribution is 7.91. The van der Waals surface area contributed by atoms with E-state index in [9.17, 15) is 18.0 Å². The fraction of sp³-hybridized carbons (Fsp3) is 0.455. The fourth-order valence-corrected chi connectivity index (χ4v) is 3.88. The number of aromatic carboxylic acids is 1. The number of esters is 1. The average Bonchev–Trinajstić information content (AvgIpc) is 2.85. The summed E-state index contributed by atoms with van der Waals surface area (Å²) < 4.78 is 30.8. The van der Waals surface area contributed by atoms with Gasteiger partial charge in [-0.15, -0.1) is 11.3 Å². The van der Waals surface area contributed by atoms with E-state index in [1.54, 1.807) is 13.8 Å². The lowest BCUT2D eigenvalue weighted by Gasteiger charge is -2.19. The number of nitrogens with one attached hydrogen (secondary N) is 1. The maximum atomic E-state index is 12.1. The molecule has 0 saturated carbocycles. The van der Waals surface area contributed by atoms with Crippen molar-refractivity contribution in [2.45, 2.75) is 24.1 Å². The van der Waals surface area contributed by atoms with E-state index in [-0.39, 0.29) is 15.7 Å². The molecule has 0 saturated heterocycles. The average molecular weight is 321 g/mol. The van der Waals surface area contributed by atoms with E-state index >= 15 is 0 Å². The van der Waals surface area contributed by atoms with Gasteiger partial charge in [-0.1, -0.05) is 13.8 Å². The molecule has 0 bridgehead atoms. The maximum Gasteiger partial charge on any atom is 0.336 e. The van der Waals surface area contributed by atoms with Gasteiger partial charge in [-0.05, 0) is 12.0 Å². The van der Waals surface area contributed by atoms with Crippen molar-refractivity contribution in [2.24, 2.45) is 5.92 Å². The molecule has 1 unspecified atom stereocenters. The standard InChI is InChI=1S/C11H15NO6S2/c1-6(2)9(11(15)18-3)12-20(16,17)8-4-7(5-19-8)10(13)14/h4-6,9,12H,1-3H3,(H,13,14). The Morgan fingerprint density at radius 2 is 2.00 bits per heavy atom. The molecule has 2 N–H and O–H groups in total. The summed E-state index contributed by atoms with van der Waals surface area (Å²) in [6, 6.07) is 0.0182. The summed E-state index contributed by atoms with van der Waals surface area (Å²) >= 11 is 0.774. The van der Waals surface area contributed by atoms with Crippen molar-refractivity contribution >= 4 is 33.3 Å². The van der Waals surface area contributed by atoms with Crippen LogP contribution in [0.1, 0.15) is 24.2 Å². The molecule has 1 atom stereocenters. The summed E-state index contributed by atoms with van der Waals surface area (Å²) in [5, 5.41) is 10.00. The van der Waals surface area contributed by atoms with Gasteiger partial charge in [0.25, 0.3) is 10.0 Å². The zero-order valence-corrected chi connectivity index (χ0v) is 12.7. The Labute approximate surface area is 120 Å². The lowest BCUT2D eigenvalue weighted by molar-refractivity contribution is -0.143. The zero-order chi connectivity index (χ0) is 15.5. The third-order valence-corrected chi connectivity index (χ3v) is 5.37. The van der Waals surface area contributed by atoms with Crippen LogP contribution in [-0.4, -0.2) is 38.6 Å². The van der Waals surface area contributed by atoms with Crippen molar-refractivity contribution in [3.05, 3.63) is 17.0 Å². The van der Waals surface area contributed by atoms with Crippen molar-refractivity contribution in [3.8, 4) is 0 Å². The minimum atomic E-state index is -3.97. The summed E-state index contributed by atoms with van der Waals surface area (Å²) in [6.07, 6.45) is 0. The molecule has 0 aliphatic carbocycles. The van der Waals surface area contributed by atoms with E-state index in [0.717, 1.165) is 17.4 Å². The van der Waals surface area contributed by atoms with Gasteiger partial charge in [0, 0.05) is 5.38 Å². The molecule has 0 aliphatic heterocycles. The van der Waals surface area contributed by atoms with Gasteiger partial charge in [-0.25, -0.2) is 13.2 Å². The van der Waals surface area contributed by atoms with Crippen molar-refractivity contribution in [2.75, 3.05) is 7.11 Å². The number of carboxylic acids is 1. The molecule has 9 heteroatoms. The first kappa shape index (κ1) is 16.6. The molecule has 1 aromatic rings. The molecule has 0 aromatic carbocycles. The van der Waals surface area contributed by atoms with E-state index in [2.05, 4.69) is 9.46 Å². The van der Waals surface area contributed by atoms with Crippen LogP contribution in [0.25, 0.3) is 0 Å². The normalized spacial score (nSPS) is 13.2. The first-order valence-corrected chi connectivity index (χ1v) is 7.97. The van der Waals surface area contributed by atoms with Gasteiger partial charge < -0.3 is 9.84 Å². The molecule has 7 nitrogen and oxygen atoms in total. The number of ether oxygens (including phenoxy) is 1. The summed E-state index contributed by atoms with van der Waals surface area (Å²) in [6.45, 7) is 3.34. The Kier molecular flexibility index (Phi) is 5.26. The Bertz CT molecular complexity index is 604. The van der Waals surface area contributed by atoms with Crippen LogP contribution in [0.4, 0.5) is 0 Å². The van der Waals surface area contributed by atoms with Gasteiger partial charge in [0.15, 0.2) is 0 Å². The number of methoxy groups -OCH3 is 1. The second kappa shape index (κ2) is 6.33. The van der Waals surface area contributed by atoms with Crippen molar-refractivity contribution < 1.29 is 27.9 Å². The number of sulfonamides is 1. The van der Waals surface area contributed by atoms with Crippen LogP contribution in [0.2, 0.25) is 0 Å². The number of carbonyl (C=O) groups is 2. The maximum absolute atomic E-state index is 12.1. The van der Waals surface area contributed by atoms with Crippen LogP contribution in [0.3, 0.4) is 0 Å². The lowest BCUT2D eigenvalue weighted by atomic mass is 10.1. The van der Waals surface area contributed by atoms with Crippen LogP contribution in [0.5, 0.6) is 0 Å². The predicted octanol–water partition coefficient (Wildman–Crippen LogP) is 0.922. The largest absolute Gasteiger partial charge is 0.478 e. The molecule has 1 heterocycles. The summed E-state index contributed by atoms with van der Waals surface area (Å²) in [5.74, 6) is -2.22. The second-order valence-corrected chi connectivity index (χ2v) is 7.18. The monoisotopic (exact) mass is 321 g/mol. The SMILES string of the molecule is COC(=O)C(NS(=O)(=O)c1cc(C(=O)O)cs1)C(C)C. The minimum Gasteiger partial charge on any atom is -0.478 e. The third-order valence-electron chi connectivity index (χ3n) is 2.49. The van der Waals surface area contributed by atoms with Crippen LogP contribution >= 0.6 is 11.3 Å². The third kappa shape index (κ3) is 3.78. The quantitative estimate of drug-likeness (QED) is 0.754. The number of carbonyl (C=O) groups excluding carboxylic acids is 1. The molecule has 112 valence electrons. The Hall–Kier alpha value is -1.45. The molecule has 0 amide bonds. The molecule has 0 radical (unpaired) electrons. The van der Waals surface area contributed by atoms with Gasteiger partial charge in [0.2, 0.25) is 0 Å². The Balaban J connectivity index is 3.03. The molecule has 0 aliphatic rings. The van der Waals surface area contributed by atoms with Crippen LogP contribution in [-0.2, 0) is 19.6 Å². The number of hydrogen-bond acceptors (Lipinski definition) is 6. The molecule has 1 aromatic heterocycles. The summed E-state index contributed by atoms with van der Waals surface area (Å²) in [7, 11) is -2.80. The summed E-state index contributed by atoms with van der Waals surface area (Å²) in [5.41, 5.74) is -0.116. The summed E-state index contributed by atoms with van der Waals surface area (Å²) in [4.78, 5) is 22.3. The molecule has 20 heavy (non-hydrogen) atoms. The minimum absolute atomic E-state index is 0.116. The van der Waals surface area contributed by atoms with E-state index in [1.807, 2.05) is 0 Å². The first-order valence-electron chi connectivity index (χ1n) is 5.61. The zero-order valence-electron chi connectivity index (χ0n) is 11.1. The van der Waals surface area contributed by atoms with Crippen LogP contribution < -0.4 is 4.72 Å². The van der Waals surface area contributed by atoms with Gasteiger partial charge in [0.05, 0.1) is 12.7 Å².